The Morgan fingerprint density at radius 3 is 2.70 bits per heavy atom. The van der Waals surface area contributed by atoms with E-state index in [9.17, 15) is 14.0 Å². The lowest BCUT2D eigenvalue weighted by molar-refractivity contribution is -0.147. The minimum Gasteiger partial charge on any atom is -0.484 e. The van der Waals surface area contributed by atoms with Crippen LogP contribution in [0.3, 0.4) is 0 Å². The number of ether oxygens (including phenoxy) is 2. The number of nitrogens with zero attached hydrogens (tertiary/aromatic N) is 1. The number of carbonyl (C=O) groups is 2. The number of hydrogen-bond acceptors (Lipinski definition) is 5. The van der Waals surface area contributed by atoms with Gasteiger partial charge in [0.25, 0.3) is 11.8 Å². The van der Waals surface area contributed by atoms with E-state index >= 15 is 0 Å². The third-order valence-electron chi connectivity index (χ3n) is 5.99. The highest BCUT2D eigenvalue weighted by Gasteiger charge is 2.69. The largest absolute Gasteiger partial charge is 0.484 e. The Labute approximate surface area is 179 Å². The van der Waals surface area contributed by atoms with Gasteiger partial charge in [0.05, 0.1) is 23.4 Å². The quantitative estimate of drug-likeness (QED) is 0.653. The minimum absolute atomic E-state index is 0.00132. The Balaban J connectivity index is 1.22. The molecule has 0 spiro atoms. The van der Waals surface area contributed by atoms with Gasteiger partial charge in [0.1, 0.15) is 11.6 Å². The van der Waals surface area contributed by atoms with Gasteiger partial charge in [-0.05, 0) is 50.7 Å². The summed E-state index contributed by atoms with van der Waals surface area (Å²) in [6.45, 7) is 0.321. The number of benzene rings is 1. The minimum atomic E-state index is -0.595. The fraction of sp³-hybridized carbons (Fsp3) is 0.571. The third kappa shape index (κ3) is 4.30. The zero-order chi connectivity index (χ0) is 21.4. The lowest BCUT2D eigenvalue weighted by Crippen LogP contribution is -2.84. The molecule has 1 unspecified atom stereocenters. The van der Waals surface area contributed by atoms with Gasteiger partial charge in [-0.15, -0.1) is 0 Å². The molecule has 0 saturated heterocycles. The molecule has 2 bridgehead atoms. The molecule has 0 radical (unpaired) electrons. The summed E-state index contributed by atoms with van der Waals surface area (Å²) in [5.41, 5.74) is 0.0578. The monoisotopic (exact) mass is 437 g/mol. The molecule has 1 aromatic rings. The van der Waals surface area contributed by atoms with Crippen LogP contribution in [-0.4, -0.2) is 55.0 Å². The van der Waals surface area contributed by atoms with Crippen molar-refractivity contribution in [3.05, 3.63) is 29.0 Å². The summed E-state index contributed by atoms with van der Waals surface area (Å²) in [5.74, 6) is -0.733. The molecule has 30 heavy (non-hydrogen) atoms. The van der Waals surface area contributed by atoms with E-state index in [0.29, 0.717) is 38.0 Å². The number of nitrogens with one attached hydrogen (secondary N) is 2. The molecule has 4 aliphatic rings. The molecule has 162 valence electrons. The van der Waals surface area contributed by atoms with Crippen LogP contribution >= 0.6 is 11.6 Å². The molecule has 5 rings (SSSR count). The Hall–Kier alpha value is -2.19. The molecule has 3 fully saturated rings. The van der Waals surface area contributed by atoms with Crippen LogP contribution in [0.4, 0.5) is 4.39 Å². The van der Waals surface area contributed by atoms with Crippen molar-refractivity contribution in [2.24, 2.45) is 4.99 Å². The van der Waals surface area contributed by atoms with Crippen LogP contribution in [0.25, 0.3) is 0 Å². The highest BCUT2D eigenvalue weighted by molar-refractivity contribution is 6.39. The Bertz CT molecular complexity index is 871. The average molecular weight is 438 g/mol. The van der Waals surface area contributed by atoms with Crippen molar-refractivity contribution in [2.75, 3.05) is 20.3 Å². The summed E-state index contributed by atoms with van der Waals surface area (Å²) >= 11 is 5.63. The topological polar surface area (TPSA) is 89.0 Å². The van der Waals surface area contributed by atoms with Crippen molar-refractivity contribution in [2.45, 2.75) is 55.6 Å². The van der Waals surface area contributed by atoms with Gasteiger partial charge < -0.3 is 20.1 Å². The van der Waals surface area contributed by atoms with E-state index < -0.39 is 5.82 Å². The second-order valence-corrected chi connectivity index (χ2v) is 8.94. The normalized spacial score (nSPS) is 29.2. The van der Waals surface area contributed by atoms with Crippen molar-refractivity contribution in [3.63, 3.8) is 0 Å². The van der Waals surface area contributed by atoms with E-state index in [4.69, 9.17) is 21.1 Å². The fourth-order valence-electron chi connectivity index (χ4n) is 4.75. The summed E-state index contributed by atoms with van der Waals surface area (Å²) in [5, 5.41) is 6.09. The molecule has 1 atom stereocenters. The van der Waals surface area contributed by atoms with Gasteiger partial charge in [-0.25, -0.2) is 4.39 Å². The van der Waals surface area contributed by atoms with Crippen molar-refractivity contribution >= 4 is 29.1 Å². The Morgan fingerprint density at radius 1 is 1.27 bits per heavy atom. The van der Waals surface area contributed by atoms with E-state index in [0.717, 1.165) is 18.9 Å². The molecular weight excluding hydrogens is 413 g/mol. The molecule has 9 heteroatoms. The predicted molar refractivity (Wildman–Crippen MR) is 109 cm³/mol. The maximum atomic E-state index is 13.4. The smallest absolute Gasteiger partial charge is 0.265 e. The number of methoxy groups -OCH3 is 1. The van der Waals surface area contributed by atoms with E-state index in [-0.39, 0.29) is 46.3 Å². The summed E-state index contributed by atoms with van der Waals surface area (Å²) in [6, 6.07) is 4.09. The molecule has 7 nitrogen and oxygen atoms in total. The van der Waals surface area contributed by atoms with Gasteiger partial charge in [0.15, 0.2) is 6.61 Å². The van der Waals surface area contributed by atoms with Gasteiger partial charge >= 0.3 is 0 Å². The third-order valence-corrected chi connectivity index (χ3v) is 6.29. The van der Waals surface area contributed by atoms with Crippen LogP contribution < -0.4 is 15.4 Å². The maximum absolute atomic E-state index is 13.4. The molecule has 3 saturated carbocycles. The summed E-state index contributed by atoms with van der Waals surface area (Å²) < 4.78 is 23.9. The van der Waals surface area contributed by atoms with E-state index in [2.05, 4.69) is 15.6 Å². The number of rotatable bonds is 8. The highest BCUT2D eigenvalue weighted by Crippen LogP contribution is 2.60. The van der Waals surface area contributed by atoms with E-state index in [1.54, 1.807) is 7.11 Å². The van der Waals surface area contributed by atoms with Gasteiger partial charge in [-0.2, -0.15) is 0 Å². The first kappa shape index (κ1) is 21.1. The highest BCUT2D eigenvalue weighted by atomic mass is 35.5. The summed E-state index contributed by atoms with van der Waals surface area (Å²) in [7, 11) is 1.64. The molecule has 2 amide bonds. The van der Waals surface area contributed by atoms with E-state index in [1.165, 1.54) is 12.1 Å². The van der Waals surface area contributed by atoms with Crippen LogP contribution in [0.5, 0.6) is 5.75 Å². The second-order valence-electron chi connectivity index (χ2n) is 8.54. The molecule has 1 heterocycles. The molecule has 3 aliphatic carbocycles. The van der Waals surface area contributed by atoms with Crippen LogP contribution in [0.15, 0.2) is 23.2 Å². The van der Waals surface area contributed by atoms with E-state index in [1.807, 2.05) is 0 Å². The van der Waals surface area contributed by atoms with Crippen molar-refractivity contribution < 1.29 is 23.5 Å². The lowest BCUT2D eigenvalue weighted by atomic mass is 9.44. The summed E-state index contributed by atoms with van der Waals surface area (Å²) in [6.07, 6.45) is 4.65. The average Bonchev–Trinajstić information content (AvgIpc) is 2.66. The molecule has 1 aromatic carbocycles. The van der Waals surface area contributed by atoms with Crippen LogP contribution in [0.1, 0.15) is 38.5 Å². The zero-order valence-corrected chi connectivity index (χ0v) is 17.6. The van der Waals surface area contributed by atoms with Gasteiger partial charge in [-0.3, -0.25) is 14.6 Å². The van der Waals surface area contributed by atoms with Gasteiger partial charge in [0.2, 0.25) is 0 Å². The van der Waals surface area contributed by atoms with Crippen LogP contribution in [-0.2, 0) is 14.3 Å². The first-order valence-electron chi connectivity index (χ1n) is 10.1. The number of hydrogen-bond donors (Lipinski definition) is 2. The molecular formula is C21H25ClFN3O4. The lowest BCUT2D eigenvalue weighted by Gasteiger charge is -2.70. The van der Waals surface area contributed by atoms with Crippen molar-refractivity contribution in [1.29, 1.82) is 0 Å². The Morgan fingerprint density at radius 2 is 2.00 bits per heavy atom. The molecule has 2 N–H and O–H groups in total. The zero-order valence-electron chi connectivity index (χ0n) is 16.8. The maximum Gasteiger partial charge on any atom is 0.265 e. The SMILES string of the molecule is COCC1CCCC(C(=O)NC23CC(NC(=O)COc4ccc(Cl)c(F)c4)(C2)C3)=N1. The predicted octanol–water partition coefficient (Wildman–Crippen LogP) is 2.41. The number of halogens is 2. The number of carbonyl (C=O) groups excluding carboxylic acids is 2. The summed E-state index contributed by atoms with van der Waals surface area (Å²) in [4.78, 5) is 29.3. The van der Waals surface area contributed by atoms with Gasteiger partial charge in [0, 0.05) is 24.3 Å². The number of amides is 2. The molecule has 1 aliphatic heterocycles. The number of aliphatic imine (C=N–C) groups is 1. The first-order valence-corrected chi connectivity index (χ1v) is 10.5. The second kappa shape index (κ2) is 8.15. The fourth-order valence-corrected chi connectivity index (χ4v) is 4.87. The van der Waals surface area contributed by atoms with Gasteiger partial charge in [-0.1, -0.05) is 11.6 Å². The standard InChI is InChI=1S/C21H25ClFN3O4/c1-29-8-13-3-2-4-17(24-13)19(28)26-21-10-20(11-21,12-21)25-18(27)9-30-14-5-6-15(22)16(23)7-14/h5-7,13H,2-4,8-12H2,1H3,(H,25,27)(H,26,28). The Kier molecular flexibility index (Phi) is 5.72. The molecule has 0 aromatic heterocycles. The van der Waals surface area contributed by atoms with Crippen LogP contribution in [0.2, 0.25) is 5.02 Å². The van der Waals surface area contributed by atoms with Crippen LogP contribution in [0, 0.1) is 5.82 Å². The van der Waals surface area contributed by atoms with Crippen molar-refractivity contribution in [1.82, 2.24) is 10.6 Å². The first-order chi connectivity index (χ1) is 14.3. The van der Waals surface area contributed by atoms with Crippen molar-refractivity contribution in [3.8, 4) is 5.75 Å².